The summed E-state index contributed by atoms with van der Waals surface area (Å²) in [4.78, 5) is 28.6. The molecule has 0 saturated heterocycles. The highest BCUT2D eigenvalue weighted by molar-refractivity contribution is 5.88. The second-order valence-electron chi connectivity index (χ2n) is 9.39. The van der Waals surface area contributed by atoms with E-state index in [0.717, 1.165) is 16.7 Å². The Kier molecular flexibility index (Phi) is 9.47. The number of hydrogen-bond donors (Lipinski definition) is 1. The Balaban J connectivity index is 1.87. The summed E-state index contributed by atoms with van der Waals surface area (Å²) in [5, 5.41) is 3.04. The van der Waals surface area contributed by atoms with Gasteiger partial charge in [-0.05, 0) is 54.2 Å². The van der Waals surface area contributed by atoms with Crippen LogP contribution in [-0.2, 0) is 22.6 Å². The van der Waals surface area contributed by atoms with E-state index >= 15 is 0 Å². The molecule has 0 bridgehead atoms. The first-order valence-electron chi connectivity index (χ1n) is 12.2. The summed E-state index contributed by atoms with van der Waals surface area (Å²) in [5.41, 5.74) is 4.23. The Morgan fingerprint density at radius 3 is 2.09 bits per heavy atom. The number of rotatable bonds is 11. The van der Waals surface area contributed by atoms with Crippen LogP contribution in [0.25, 0.3) is 0 Å². The minimum Gasteiger partial charge on any atom is -0.484 e. The highest BCUT2D eigenvalue weighted by Crippen LogP contribution is 2.18. The summed E-state index contributed by atoms with van der Waals surface area (Å²) in [6.45, 7) is 8.89. The van der Waals surface area contributed by atoms with E-state index in [2.05, 4.69) is 19.2 Å². The van der Waals surface area contributed by atoms with Crippen LogP contribution in [0.3, 0.4) is 0 Å². The number of amides is 2. The maximum absolute atomic E-state index is 13.6. The van der Waals surface area contributed by atoms with Crippen molar-refractivity contribution in [3.05, 3.63) is 101 Å². The van der Waals surface area contributed by atoms with E-state index < -0.39 is 6.04 Å². The summed E-state index contributed by atoms with van der Waals surface area (Å²) in [6.07, 6.45) is 0.424. The van der Waals surface area contributed by atoms with Crippen LogP contribution in [0.5, 0.6) is 5.75 Å². The molecule has 3 aromatic carbocycles. The van der Waals surface area contributed by atoms with Crippen LogP contribution in [0.2, 0.25) is 0 Å². The van der Waals surface area contributed by atoms with Crippen molar-refractivity contribution >= 4 is 11.8 Å². The smallest absolute Gasteiger partial charge is 0.261 e. The van der Waals surface area contributed by atoms with Crippen molar-refractivity contribution in [2.24, 2.45) is 5.92 Å². The second-order valence-corrected chi connectivity index (χ2v) is 9.39. The van der Waals surface area contributed by atoms with Gasteiger partial charge in [0, 0.05) is 19.5 Å². The van der Waals surface area contributed by atoms with Gasteiger partial charge in [0.1, 0.15) is 11.8 Å². The normalized spacial score (nSPS) is 11.7. The third-order valence-electron chi connectivity index (χ3n) is 5.99. The molecule has 1 atom stereocenters. The van der Waals surface area contributed by atoms with E-state index in [9.17, 15) is 9.59 Å². The van der Waals surface area contributed by atoms with Gasteiger partial charge >= 0.3 is 0 Å². The standard InChI is InChI=1S/C30H36N2O3/c1-22(2)19-31-30(34)28(18-25-11-7-5-8-12-25)32(20-26-13-9-6-10-14-26)29(33)21-35-27-16-15-23(3)24(4)17-27/h5-17,22,28H,18-21H2,1-4H3,(H,31,34)/t28-/m0/s1. The lowest BCUT2D eigenvalue weighted by molar-refractivity contribution is -0.142. The lowest BCUT2D eigenvalue weighted by Crippen LogP contribution is -2.52. The average Bonchev–Trinajstić information content (AvgIpc) is 2.86. The zero-order valence-corrected chi connectivity index (χ0v) is 21.2. The molecule has 3 rings (SSSR count). The van der Waals surface area contributed by atoms with Crippen LogP contribution in [-0.4, -0.2) is 35.9 Å². The first-order valence-corrected chi connectivity index (χ1v) is 12.2. The molecule has 184 valence electrons. The van der Waals surface area contributed by atoms with Crippen molar-refractivity contribution in [2.45, 2.75) is 46.7 Å². The van der Waals surface area contributed by atoms with Gasteiger partial charge in [-0.2, -0.15) is 0 Å². The second kappa shape index (κ2) is 12.7. The van der Waals surface area contributed by atoms with Gasteiger partial charge in [-0.1, -0.05) is 80.6 Å². The summed E-state index contributed by atoms with van der Waals surface area (Å²) in [6, 6.07) is 24.7. The third-order valence-corrected chi connectivity index (χ3v) is 5.99. The van der Waals surface area contributed by atoms with Gasteiger partial charge in [-0.15, -0.1) is 0 Å². The quantitative estimate of drug-likeness (QED) is 0.423. The minimum atomic E-state index is -0.660. The van der Waals surface area contributed by atoms with E-state index in [1.807, 2.05) is 92.7 Å². The van der Waals surface area contributed by atoms with Crippen molar-refractivity contribution in [1.29, 1.82) is 0 Å². The third kappa shape index (κ3) is 7.99. The maximum Gasteiger partial charge on any atom is 0.261 e. The Hall–Kier alpha value is -3.60. The monoisotopic (exact) mass is 472 g/mol. The molecule has 0 heterocycles. The van der Waals surface area contributed by atoms with Crippen LogP contribution in [0, 0.1) is 19.8 Å². The summed E-state index contributed by atoms with van der Waals surface area (Å²) in [7, 11) is 0. The van der Waals surface area contributed by atoms with E-state index in [0.29, 0.717) is 31.2 Å². The molecule has 0 aliphatic heterocycles. The van der Waals surface area contributed by atoms with Crippen LogP contribution in [0.4, 0.5) is 0 Å². The Morgan fingerprint density at radius 1 is 0.857 bits per heavy atom. The number of carbonyl (C=O) groups excluding carboxylic acids is 2. The molecule has 5 heteroatoms. The number of aryl methyl sites for hydroxylation is 2. The molecule has 0 aliphatic carbocycles. The molecular weight excluding hydrogens is 436 g/mol. The number of ether oxygens (including phenoxy) is 1. The summed E-state index contributed by atoms with van der Waals surface area (Å²) in [5.74, 6) is 0.568. The molecular formula is C30H36N2O3. The van der Waals surface area contributed by atoms with E-state index in [1.165, 1.54) is 5.56 Å². The fourth-order valence-electron chi connectivity index (χ4n) is 3.79. The van der Waals surface area contributed by atoms with Gasteiger partial charge < -0.3 is 15.0 Å². The van der Waals surface area contributed by atoms with Gasteiger partial charge in [0.15, 0.2) is 6.61 Å². The van der Waals surface area contributed by atoms with Crippen molar-refractivity contribution in [3.63, 3.8) is 0 Å². The first-order chi connectivity index (χ1) is 16.8. The zero-order chi connectivity index (χ0) is 25.2. The summed E-state index contributed by atoms with van der Waals surface area (Å²) >= 11 is 0. The molecule has 1 N–H and O–H groups in total. The van der Waals surface area contributed by atoms with E-state index in [1.54, 1.807) is 4.90 Å². The highest BCUT2D eigenvalue weighted by Gasteiger charge is 2.30. The van der Waals surface area contributed by atoms with Crippen LogP contribution in [0.15, 0.2) is 78.9 Å². The lowest BCUT2D eigenvalue weighted by Gasteiger charge is -2.31. The summed E-state index contributed by atoms with van der Waals surface area (Å²) < 4.78 is 5.88. The van der Waals surface area contributed by atoms with Gasteiger partial charge in [-0.3, -0.25) is 9.59 Å². The van der Waals surface area contributed by atoms with Gasteiger partial charge in [0.05, 0.1) is 0 Å². The fourth-order valence-corrected chi connectivity index (χ4v) is 3.79. The Morgan fingerprint density at radius 2 is 1.49 bits per heavy atom. The molecule has 0 saturated carbocycles. The number of nitrogens with one attached hydrogen (secondary N) is 1. The van der Waals surface area contributed by atoms with Crippen LogP contribution in [0.1, 0.15) is 36.1 Å². The molecule has 5 nitrogen and oxygen atoms in total. The Bertz CT molecular complexity index is 1100. The minimum absolute atomic E-state index is 0.141. The van der Waals surface area contributed by atoms with Crippen LogP contribution < -0.4 is 10.1 Å². The van der Waals surface area contributed by atoms with Crippen molar-refractivity contribution in [3.8, 4) is 5.75 Å². The molecule has 0 fully saturated rings. The molecule has 0 aliphatic rings. The molecule has 3 aromatic rings. The van der Waals surface area contributed by atoms with Gasteiger partial charge in [0.25, 0.3) is 5.91 Å². The molecule has 0 unspecified atom stereocenters. The van der Waals surface area contributed by atoms with Crippen molar-refractivity contribution in [2.75, 3.05) is 13.2 Å². The molecule has 35 heavy (non-hydrogen) atoms. The zero-order valence-electron chi connectivity index (χ0n) is 21.2. The fraction of sp³-hybridized carbons (Fsp3) is 0.333. The average molecular weight is 473 g/mol. The lowest BCUT2D eigenvalue weighted by atomic mass is 10.0. The number of benzene rings is 3. The number of carbonyl (C=O) groups is 2. The van der Waals surface area contributed by atoms with Crippen LogP contribution >= 0.6 is 0 Å². The molecule has 0 radical (unpaired) electrons. The first kappa shape index (κ1) is 26.0. The Labute approximate surface area is 209 Å². The van der Waals surface area contributed by atoms with Crippen molar-refractivity contribution in [1.82, 2.24) is 10.2 Å². The van der Waals surface area contributed by atoms with E-state index in [-0.39, 0.29) is 18.4 Å². The number of hydrogen-bond acceptors (Lipinski definition) is 3. The molecule has 2 amide bonds. The molecule has 0 aromatic heterocycles. The topological polar surface area (TPSA) is 58.6 Å². The largest absolute Gasteiger partial charge is 0.484 e. The van der Waals surface area contributed by atoms with E-state index in [4.69, 9.17) is 4.74 Å². The molecule has 0 spiro atoms. The number of nitrogens with zero attached hydrogens (tertiary/aromatic N) is 1. The van der Waals surface area contributed by atoms with Gasteiger partial charge in [0.2, 0.25) is 5.91 Å². The predicted molar refractivity (Wildman–Crippen MR) is 140 cm³/mol. The SMILES string of the molecule is Cc1ccc(OCC(=O)N(Cc2ccccc2)[C@@H](Cc2ccccc2)C(=O)NCC(C)C)cc1C. The van der Waals surface area contributed by atoms with Crippen molar-refractivity contribution < 1.29 is 14.3 Å². The predicted octanol–water partition coefficient (Wildman–Crippen LogP) is 5.09. The van der Waals surface area contributed by atoms with Gasteiger partial charge in [-0.25, -0.2) is 0 Å². The highest BCUT2D eigenvalue weighted by atomic mass is 16.5. The maximum atomic E-state index is 13.6.